The molecule has 20 heteroatoms. The Hall–Kier alpha value is -3.19. The first-order valence-corrected chi connectivity index (χ1v) is 8.90. The van der Waals surface area contributed by atoms with E-state index in [9.17, 15) is 75.4 Å². The highest BCUT2D eigenvalue weighted by atomic mass is 19.4. The van der Waals surface area contributed by atoms with Gasteiger partial charge in [-0.3, -0.25) is 14.5 Å². The number of rotatable bonds is 4. The van der Waals surface area contributed by atoms with E-state index in [1.54, 1.807) is 0 Å². The summed E-state index contributed by atoms with van der Waals surface area (Å²) in [6.45, 7) is -2.01. The molecule has 0 unspecified atom stereocenters. The van der Waals surface area contributed by atoms with Crippen LogP contribution in [0.2, 0.25) is 0 Å². The Morgan fingerprint density at radius 3 is 1.24 bits per heavy atom. The third kappa shape index (κ3) is 5.72. The van der Waals surface area contributed by atoms with Crippen LogP contribution in [0.4, 0.5) is 71.5 Å². The number of carbonyl (C=O) groups is 2. The summed E-state index contributed by atoms with van der Waals surface area (Å²) in [5.74, 6) is -3.50. The van der Waals surface area contributed by atoms with Gasteiger partial charge in [0.15, 0.2) is 0 Å². The molecule has 2 amide bonds. The summed E-state index contributed by atoms with van der Waals surface area (Å²) in [6, 6.07) is 0. The molecule has 0 spiro atoms. The Morgan fingerprint density at radius 1 is 0.622 bits per heavy atom. The maximum absolute atomic E-state index is 13.7. The molecule has 2 N–H and O–H groups in total. The molecule has 0 bridgehead atoms. The maximum atomic E-state index is 13.7. The van der Waals surface area contributed by atoms with E-state index in [4.69, 9.17) is 5.11 Å². The number of alkyl halides is 15. The number of amides is 2. The zero-order valence-corrected chi connectivity index (χ0v) is 16.9. The fourth-order valence-corrected chi connectivity index (χ4v) is 3.34. The van der Waals surface area contributed by atoms with E-state index in [-0.39, 0.29) is 11.0 Å². The summed E-state index contributed by atoms with van der Waals surface area (Å²) >= 11 is 0. The number of aliphatic hydroxyl groups is 1. The van der Waals surface area contributed by atoms with Gasteiger partial charge in [-0.2, -0.15) is 65.9 Å². The molecule has 1 heterocycles. The van der Waals surface area contributed by atoms with Crippen molar-refractivity contribution in [1.82, 2.24) is 4.90 Å². The SMILES string of the molecule is O=C1C=C(Nc2c(C(F)(F)F)c(C(F)(F)F)c(C(F)(F)F)c(C(F)(F)F)c2C(F)(F)F)C(=O)N1CCO. The van der Waals surface area contributed by atoms with Gasteiger partial charge >= 0.3 is 30.9 Å². The molecule has 0 fully saturated rings. The fourth-order valence-electron chi connectivity index (χ4n) is 3.34. The number of imide groups is 1. The van der Waals surface area contributed by atoms with Crippen molar-refractivity contribution in [3.63, 3.8) is 0 Å². The Bertz CT molecular complexity index is 1080. The molecule has 0 saturated heterocycles. The van der Waals surface area contributed by atoms with Gasteiger partial charge in [0.05, 0.1) is 46.7 Å². The molecule has 1 aliphatic heterocycles. The lowest BCUT2D eigenvalue weighted by molar-refractivity contribution is -0.188. The first-order valence-electron chi connectivity index (χ1n) is 8.90. The average molecular weight is 572 g/mol. The van der Waals surface area contributed by atoms with Crippen molar-refractivity contribution in [3.8, 4) is 0 Å². The van der Waals surface area contributed by atoms with E-state index in [1.807, 2.05) is 0 Å². The van der Waals surface area contributed by atoms with E-state index in [2.05, 4.69) is 0 Å². The highest BCUT2D eigenvalue weighted by Crippen LogP contribution is 2.58. The van der Waals surface area contributed by atoms with E-state index >= 15 is 0 Å². The number of anilines is 1. The van der Waals surface area contributed by atoms with Crippen molar-refractivity contribution in [3.05, 3.63) is 39.6 Å². The predicted octanol–water partition coefficient (Wildman–Crippen LogP) is 5.44. The zero-order chi connectivity index (χ0) is 29.1. The average Bonchev–Trinajstić information content (AvgIpc) is 2.90. The second-order valence-corrected chi connectivity index (χ2v) is 6.94. The summed E-state index contributed by atoms with van der Waals surface area (Å²) < 4.78 is 203. The quantitative estimate of drug-likeness (QED) is 0.373. The smallest absolute Gasteiger partial charge is 0.395 e. The highest BCUT2D eigenvalue weighted by molar-refractivity contribution is 6.17. The fraction of sp³-hybridized carbons (Fsp3) is 0.412. The Morgan fingerprint density at radius 2 is 0.946 bits per heavy atom. The Labute approximate surface area is 193 Å². The van der Waals surface area contributed by atoms with Crippen LogP contribution in [-0.2, 0) is 40.5 Å². The molecular weight excluding hydrogens is 565 g/mol. The number of halogens is 15. The normalized spacial score (nSPS) is 16.0. The molecule has 0 saturated carbocycles. The van der Waals surface area contributed by atoms with Gasteiger partial charge in [0, 0.05) is 6.08 Å². The van der Waals surface area contributed by atoms with Gasteiger partial charge in [0.25, 0.3) is 11.8 Å². The van der Waals surface area contributed by atoms with E-state index in [1.165, 1.54) is 0 Å². The summed E-state index contributed by atoms with van der Waals surface area (Å²) in [5, 5.41) is 9.48. The largest absolute Gasteiger partial charge is 0.419 e. The molecule has 0 aromatic heterocycles. The monoisotopic (exact) mass is 572 g/mol. The van der Waals surface area contributed by atoms with Crippen LogP contribution in [0.3, 0.4) is 0 Å². The van der Waals surface area contributed by atoms with Crippen molar-refractivity contribution in [1.29, 1.82) is 0 Å². The number of nitrogens with one attached hydrogen (secondary N) is 1. The van der Waals surface area contributed by atoms with Crippen LogP contribution in [0.5, 0.6) is 0 Å². The van der Waals surface area contributed by atoms with Crippen molar-refractivity contribution in [2.75, 3.05) is 18.5 Å². The van der Waals surface area contributed by atoms with Gasteiger partial charge in [-0.15, -0.1) is 0 Å². The van der Waals surface area contributed by atoms with Crippen LogP contribution in [0.25, 0.3) is 0 Å². The lowest BCUT2D eigenvalue weighted by atomic mass is 9.87. The van der Waals surface area contributed by atoms with Gasteiger partial charge in [-0.05, 0) is 0 Å². The second-order valence-electron chi connectivity index (χ2n) is 6.94. The summed E-state index contributed by atoms with van der Waals surface area (Å²) in [6.07, 6.45) is -34.9. The molecule has 208 valence electrons. The minimum absolute atomic E-state index is 0.0811. The molecule has 1 aromatic carbocycles. The Balaban J connectivity index is 3.26. The van der Waals surface area contributed by atoms with Crippen LogP contribution >= 0.6 is 0 Å². The van der Waals surface area contributed by atoms with Gasteiger partial charge in [-0.25, -0.2) is 0 Å². The third-order valence-corrected chi connectivity index (χ3v) is 4.51. The first-order chi connectivity index (χ1) is 16.3. The van der Waals surface area contributed by atoms with Gasteiger partial charge < -0.3 is 10.4 Å². The molecule has 2 rings (SSSR count). The number of β-amino-alcohol motifs (C(OH)–C–C–N with tert-alkyl or cyclic N) is 1. The third-order valence-electron chi connectivity index (χ3n) is 4.51. The van der Waals surface area contributed by atoms with Gasteiger partial charge in [0.1, 0.15) is 5.70 Å². The van der Waals surface area contributed by atoms with E-state index < -0.39 is 95.0 Å². The molecule has 1 aromatic rings. The minimum atomic E-state index is -7.06. The van der Waals surface area contributed by atoms with Gasteiger partial charge in [-0.1, -0.05) is 0 Å². The second kappa shape index (κ2) is 8.98. The molecule has 5 nitrogen and oxygen atoms in total. The number of hydrogen-bond donors (Lipinski definition) is 2. The first kappa shape index (κ1) is 30.0. The van der Waals surface area contributed by atoms with Crippen molar-refractivity contribution < 1.29 is 80.6 Å². The van der Waals surface area contributed by atoms with Crippen LogP contribution in [-0.4, -0.2) is 35.0 Å². The van der Waals surface area contributed by atoms with Crippen LogP contribution in [0.15, 0.2) is 11.8 Å². The van der Waals surface area contributed by atoms with Crippen LogP contribution < -0.4 is 5.32 Å². The number of nitrogens with zero attached hydrogens (tertiary/aromatic N) is 1. The van der Waals surface area contributed by atoms with E-state index in [0.717, 1.165) is 5.32 Å². The van der Waals surface area contributed by atoms with E-state index in [0.29, 0.717) is 0 Å². The summed E-state index contributed by atoms with van der Waals surface area (Å²) in [4.78, 5) is 23.7. The molecule has 0 radical (unpaired) electrons. The maximum Gasteiger partial charge on any atom is 0.419 e. The lowest BCUT2D eigenvalue weighted by Gasteiger charge is -2.30. The van der Waals surface area contributed by atoms with Gasteiger partial charge in [0.2, 0.25) is 0 Å². The van der Waals surface area contributed by atoms with Crippen molar-refractivity contribution in [2.24, 2.45) is 0 Å². The predicted molar refractivity (Wildman–Crippen MR) is 87.0 cm³/mol. The van der Waals surface area contributed by atoms with Crippen LogP contribution in [0.1, 0.15) is 27.8 Å². The Kier molecular flexibility index (Phi) is 7.29. The molecule has 0 atom stereocenters. The molecule has 37 heavy (non-hydrogen) atoms. The zero-order valence-electron chi connectivity index (χ0n) is 16.9. The topological polar surface area (TPSA) is 69.6 Å². The molecule has 1 aliphatic rings. The number of hydrogen-bond acceptors (Lipinski definition) is 4. The summed E-state index contributed by atoms with van der Waals surface area (Å²) in [5.41, 5.74) is -25.4. The number of aliphatic hydroxyl groups excluding tert-OH is 1. The standard InChI is InChI=1S/C17H7F15N2O3/c18-13(19,20)6-7(14(21,22)23)9(16(27,28)29)11(10(17(30,31)32)8(6)15(24,25)26)33-4-3-5(36)34(1-2-35)12(4)37/h3,33,35H,1-2H2. The highest BCUT2D eigenvalue weighted by Gasteiger charge is 2.60. The molecule has 0 aliphatic carbocycles. The number of carbonyl (C=O) groups excluding carboxylic acids is 2. The minimum Gasteiger partial charge on any atom is -0.395 e. The van der Waals surface area contributed by atoms with Crippen molar-refractivity contribution >= 4 is 17.5 Å². The lowest BCUT2D eigenvalue weighted by Crippen LogP contribution is -2.35. The van der Waals surface area contributed by atoms with Crippen molar-refractivity contribution in [2.45, 2.75) is 30.9 Å². The van der Waals surface area contributed by atoms with Crippen LogP contribution in [0, 0.1) is 0 Å². The number of benzene rings is 1. The molecular formula is C17H7F15N2O3. The summed E-state index contributed by atoms with van der Waals surface area (Å²) in [7, 11) is 0.